The summed E-state index contributed by atoms with van der Waals surface area (Å²) in [7, 11) is 1.84. The van der Waals surface area contributed by atoms with Gasteiger partial charge in [0.15, 0.2) is 5.96 Å². The van der Waals surface area contributed by atoms with E-state index in [-0.39, 0.29) is 0 Å². The zero-order valence-electron chi connectivity index (χ0n) is 16.6. The monoisotopic (exact) mass is 385 g/mol. The van der Waals surface area contributed by atoms with E-state index in [4.69, 9.17) is 0 Å². The SMILES string of the molecule is CN=C(NCCc1ncc(C)s1)NC1CCN(C(C)c2ccccc2)CC1. The summed E-state index contributed by atoms with van der Waals surface area (Å²) >= 11 is 1.77. The highest BCUT2D eigenvalue weighted by Gasteiger charge is 2.23. The molecule has 0 aliphatic carbocycles. The molecule has 2 heterocycles. The van der Waals surface area contributed by atoms with Crippen molar-refractivity contribution in [2.75, 3.05) is 26.7 Å². The van der Waals surface area contributed by atoms with Gasteiger partial charge >= 0.3 is 0 Å². The van der Waals surface area contributed by atoms with Crippen molar-refractivity contribution in [1.82, 2.24) is 20.5 Å². The van der Waals surface area contributed by atoms with Crippen LogP contribution in [0.2, 0.25) is 0 Å². The van der Waals surface area contributed by atoms with Gasteiger partial charge in [-0.25, -0.2) is 4.98 Å². The van der Waals surface area contributed by atoms with Crippen LogP contribution in [0.15, 0.2) is 41.5 Å². The molecule has 5 nitrogen and oxygen atoms in total. The van der Waals surface area contributed by atoms with Crippen molar-refractivity contribution in [1.29, 1.82) is 0 Å². The first-order valence-corrected chi connectivity index (χ1v) is 10.6. The predicted octanol–water partition coefficient (Wildman–Crippen LogP) is 3.38. The molecule has 2 aromatic rings. The van der Waals surface area contributed by atoms with Gasteiger partial charge in [0.05, 0.1) is 5.01 Å². The van der Waals surface area contributed by atoms with E-state index in [2.05, 4.69) is 69.7 Å². The van der Waals surface area contributed by atoms with Crippen LogP contribution < -0.4 is 10.6 Å². The third-order valence-corrected chi connectivity index (χ3v) is 6.20. The van der Waals surface area contributed by atoms with E-state index >= 15 is 0 Å². The van der Waals surface area contributed by atoms with Crippen LogP contribution in [0.3, 0.4) is 0 Å². The van der Waals surface area contributed by atoms with Crippen molar-refractivity contribution >= 4 is 17.3 Å². The second-order valence-electron chi connectivity index (χ2n) is 7.15. The third kappa shape index (κ3) is 5.78. The second kappa shape index (κ2) is 9.85. The van der Waals surface area contributed by atoms with Crippen molar-refractivity contribution in [2.24, 2.45) is 4.99 Å². The van der Waals surface area contributed by atoms with Crippen LogP contribution >= 0.6 is 11.3 Å². The lowest BCUT2D eigenvalue weighted by Crippen LogP contribution is -2.49. The zero-order valence-corrected chi connectivity index (χ0v) is 17.4. The summed E-state index contributed by atoms with van der Waals surface area (Å²) in [4.78, 5) is 12.6. The lowest BCUT2D eigenvalue weighted by molar-refractivity contribution is 0.158. The van der Waals surface area contributed by atoms with E-state index < -0.39 is 0 Å². The largest absolute Gasteiger partial charge is 0.356 e. The van der Waals surface area contributed by atoms with E-state index in [0.717, 1.165) is 44.9 Å². The van der Waals surface area contributed by atoms with E-state index in [1.807, 2.05) is 13.2 Å². The van der Waals surface area contributed by atoms with Crippen molar-refractivity contribution < 1.29 is 0 Å². The molecule has 1 aromatic heterocycles. The number of aliphatic imine (C=N–C) groups is 1. The fourth-order valence-electron chi connectivity index (χ4n) is 3.57. The average molecular weight is 386 g/mol. The van der Waals surface area contributed by atoms with E-state index in [1.54, 1.807) is 11.3 Å². The Morgan fingerprint density at radius 3 is 2.67 bits per heavy atom. The number of rotatable bonds is 6. The lowest BCUT2D eigenvalue weighted by atomic mass is 10.0. The van der Waals surface area contributed by atoms with Crippen LogP contribution in [-0.2, 0) is 6.42 Å². The van der Waals surface area contributed by atoms with Crippen LogP contribution in [0, 0.1) is 6.92 Å². The molecular weight excluding hydrogens is 354 g/mol. The number of aryl methyl sites for hydroxylation is 1. The minimum atomic E-state index is 0.478. The molecule has 1 aromatic carbocycles. The van der Waals surface area contributed by atoms with Gasteiger partial charge in [0.25, 0.3) is 0 Å². The first-order valence-electron chi connectivity index (χ1n) is 9.83. The molecule has 0 spiro atoms. The molecule has 0 saturated carbocycles. The maximum atomic E-state index is 4.42. The molecule has 1 unspecified atom stereocenters. The number of hydrogen-bond acceptors (Lipinski definition) is 4. The Hall–Kier alpha value is -1.92. The van der Waals surface area contributed by atoms with Crippen LogP contribution in [-0.4, -0.2) is 48.6 Å². The molecule has 2 N–H and O–H groups in total. The van der Waals surface area contributed by atoms with Gasteiger partial charge in [-0.15, -0.1) is 11.3 Å². The van der Waals surface area contributed by atoms with Gasteiger partial charge in [0.2, 0.25) is 0 Å². The smallest absolute Gasteiger partial charge is 0.191 e. The van der Waals surface area contributed by atoms with Gasteiger partial charge in [-0.05, 0) is 32.3 Å². The molecule has 3 rings (SSSR count). The summed E-state index contributed by atoms with van der Waals surface area (Å²) in [6.45, 7) is 7.49. The Bertz CT molecular complexity index is 719. The molecular formula is C21H31N5S. The molecule has 146 valence electrons. The Morgan fingerprint density at radius 1 is 1.30 bits per heavy atom. The third-order valence-electron chi connectivity index (χ3n) is 5.22. The highest BCUT2D eigenvalue weighted by Crippen LogP contribution is 2.23. The summed E-state index contributed by atoms with van der Waals surface area (Å²) in [5.74, 6) is 0.901. The molecule has 1 fully saturated rings. The van der Waals surface area contributed by atoms with Crippen LogP contribution in [0.1, 0.15) is 41.3 Å². The van der Waals surface area contributed by atoms with Crippen molar-refractivity contribution in [3.63, 3.8) is 0 Å². The number of guanidine groups is 1. The van der Waals surface area contributed by atoms with Gasteiger partial charge in [-0.2, -0.15) is 0 Å². The van der Waals surface area contributed by atoms with Crippen LogP contribution in [0.4, 0.5) is 0 Å². The molecule has 1 saturated heterocycles. The summed E-state index contributed by atoms with van der Waals surface area (Å²) in [5.41, 5.74) is 1.40. The second-order valence-corrected chi connectivity index (χ2v) is 8.47. The summed E-state index contributed by atoms with van der Waals surface area (Å²) in [5, 5.41) is 8.20. The van der Waals surface area contributed by atoms with Gasteiger partial charge in [-0.3, -0.25) is 9.89 Å². The fourth-order valence-corrected chi connectivity index (χ4v) is 4.35. The number of piperidine rings is 1. The molecule has 0 amide bonds. The van der Waals surface area contributed by atoms with E-state index in [1.165, 1.54) is 15.4 Å². The molecule has 1 atom stereocenters. The highest BCUT2D eigenvalue weighted by atomic mass is 32.1. The van der Waals surface area contributed by atoms with Crippen molar-refractivity contribution in [3.05, 3.63) is 52.0 Å². The molecule has 0 bridgehead atoms. The first kappa shape index (κ1) is 19.8. The maximum absolute atomic E-state index is 4.42. The summed E-state index contributed by atoms with van der Waals surface area (Å²) in [6, 6.07) is 11.8. The Kier molecular flexibility index (Phi) is 7.24. The molecule has 6 heteroatoms. The average Bonchev–Trinajstić information content (AvgIpc) is 3.13. The Labute approximate surface area is 166 Å². The number of hydrogen-bond donors (Lipinski definition) is 2. The topological polar surface area (TPSA) is 52.6 Å². The zero-order chi connectivity index (χ0) is 19.1. The minimum absolute atomic E-state index is 0.478. The van der Waals surface area contributed by atoms with Gasteiger partial charge < -0.3 is 10.6 Å². The van der Waals surface area contributed by atoms with Crippen molar-refractivity contribution in [2.45, 2.75) is 45.2 Å². The summed E-state index contributed by atoms with van der Waals surface area (Å²) in [6.07, 6.45) is 5.16. The quantitative estimate of drug-likeness (QED) is 0.591. The molecule has 0 radical (unpaired) electrons. The van der Waals surface area contributed by atoms with Crippen molar-refractivity contribution in [3.8, 4) is 0 Å². The maximum Gasteiger partial charge on any atom is 0.191 e. The first-order chi connectivity index (χ1) is 13.2. The van der Waals surface area contributed by atoms with E-state index in [9.17, 15) is 0 Å². The Balaban J connectivity index is 1.40. The molecule has 1 aliphatic heterocycles. The minimum Gasteiger partial charge on any atom is -0.356 e. The van der Waals surface area contributed by atoms with Gasteiger partial charge in [-0.1, -0.05) is 30.3 Å². The number of aromatic nitrogens is 1. The lowest BCUT2D eigenvalue weighted by Gasteiger charge is -2.37. The number of nitrogens with one attached hydrogen (secondary N) is 2. The van der Waals surface area contributed by atoms with Crippen LogP contribution in [0.5, 0.6) is 0 Å². The number of likely N-dealkylation sites (tertiary alicyclic amines) is 1. The van der Waals surface area contributed by atoms with E-state index in [0.29, 0.717) is 12.1 Å². The fraction of sp³-hybridized carbons (Fsp3) is 0.524. The summed E-state index contributed by atoms with van der Waals surface area (Å²) < 4.78 is 0. The van der Waals surface area contributed by atoms with Gasteiger partial charge in [0.1, 0.15) is 0 Å². The highest BCUT2D eigenvalue weighted by molar-refractivity contribution is 7.11. The van der Waals surface area contributed by atoms with Gasteiger partial charge in [0, 0.05) is 56.3 Å². The molecule has 1 aliphatic rings. The Morgan fingerprint density at radius 2 is 2.04 bits per heavy atom. The number of thiazole rings is 1. The van der Waals surface area contributed by atoms with Crippen LogP contribution in [0.25, 0.3) is 0 Å². The molecule has 27 heavy (non-hydrogen) atoms. The predicted molar refractivity (Wildman–Crippen MR) is 115 cm³/mol. The number of nitrogens with zero attached hydrogens (tertiary/aromatic N) is 3. The normalized spacial score (nSPS) is 17.7. The number of benzene rings is 1. The standard InChI is InChI=1S/C21H31N5S/c1-16-15-24-20(27-16)9-12-23-21(22-3)25-19-10-13-26(14-11-19)17(2)18-7-5-4-6-8-18/h4-8,15,17,19H,9-14H2,1-3H3,(H2,22,23,25).